The maximum atomic E-state index is 12.9. The number of nitrogens with zero attached hydrogens (tertiary/aromatic N) is 1. The van der Waals surface area contributed by atoms with Gasteiger partial charge in [-0.15, -0.1) is 24.0 Å². The van der Waals surface area contributed by atoms with Gasteiger partial charge in [-0.2, -0.15) is 0 Å². The van der Waals surface area contributed by atoms with E-state index < -0.39 is 10.8 Å². The number of nitrogens with one attached hydrogen (secondary N) is 2. The van der Waals surface area contributed by atoms with Gasteiger partial charge in [-0.3, -0.25) is 9.20 Å². The predicted molar refractivity (Wildman–Crippen MR) is 117 cm³/mol. The summed E-state index contributed by atoms with van der Waals surface area (Å²) in [6.07, 6.45) is 0.778. The number of guanidine groups is 1. The molecule has 2 aromatic rings. The molecule has 0 bridgehead atoms. The van der Waals surface area contributed by atoms with E-state index in [1.54, 1.807) is 12.1 Å². The quantitative estimate of drug-likeness (QED) is 0.340. The van der Waals surface area contributed by atoms with Crippen molar-refractivity contribution in [2.24, 2.45) is 4.99 Å². The summed E-state index contributed by atoms with van der Waals surface area (Å²) < 4.78 is 25.1. The van der Waals surface area contributed by atoms with Gasteiger partial charge in [0, 0.05) is 23.7 Å². The van der Waals surface area contributed by atoms with Crippen molar-refractivity contribution in [2.75, 3.05) is 25.4 Å². The van der Waals surface area contributed by atoms with Gasteiger partial charge in [0.05, 0.1) is 17.3 Å². The molecule has 0 saturated carbocycles. The van der Waals surface area contributed by atoms with E-state index in [0.29, 0.717) is 24.8 Å². The summed E-state index contributed by atoms with van der Waals surface area (Å²) >= 11 is 0. The Morgan fingerprint density at radius 3 is 2.42 bits per heavy atom. The number of rotatable bonds is 8. The standard InChI is InChI=1S/C19H24FN3OS.HI/c1-2-21-19(22-13-12-16-8-10-17(20)11-9-16)23-14-15-25(24)18-6-4-3-5-7-18;/h3-11H,2,12-15H2,1H3,(H2,21,22,23);1H. The van der Waals surface area contributed by atoms with Gasteiger partial charge < -0.3 is 10.6 Å². The smallest absolute Gasteiger partial charge is 0.191 e. The van der Waals surface area contributed by atoms with Crippen LogP contribution in [0.15, 0.2) is 64.5 Å². The Morgan fingerprint density at radius 2 is 1.77 bits per heavy atom. The lowest BCUT2D eigenvalue weighted by atomic mass is 10.1. The van der Waals surface area contributed by atoms with Gasteiger partial charge in [0.25, 0.3) is 0 Å². The highest BCUT2D eigenvalue weighted by atomic mass is 127. The fourth-order valence-electron chi connectivity index (χ4n) is 2.25. The van der Waals surface area contributed by atoms with Crippen LogP contribution in [-0.4, -0.2) is 35.6 Å². The maximum absolute atomic E-state index is 12.9. The molecular weight excluding hydrogens is 464 g/mol. The van der Waals surface area contributed by atoms with Crippen molar-refractivity contribution >= 4 is 40.7 Å². The molecular formula is C19H25FIN3OS. The van der Waals surface area contributed by atoms with Crippen LogP contribution in [0.4, 0.5) is 4.39 Å². The summed E-state index contributed by atoms with van der Waals surface area (Å²) in [7, 11) is -1.04. The first kappa shape index (κ1) is 22.6. The highest BCUT2D eigenvalue weighted by molar-refractivity contribution is 14.0. The summed E-state index contributed by atoms with van der Waals surface area (Å²) in [5.74, 6) is 0.964. The first-order chi connectivity index (χ1) is 12.2. The van der Waals surface area contributed by atoms with Crippen molar-refractivity contribution in [3.8, 4) is 0 Å². The molecule has 26 heavy (non-hydrogen) atoms. The SMILES string of the molecule is CCNC(=NCCS(=O)c1ccccc1)NCCc1ccc(F)cc1.I. The Kier molecular flexibility index (Phi) is 11.1. The minimum atomic E-state index is -1.04. The van der Waals surface area contributed by atoms with Crippen molar-refractivity contribution in [1.29, 1.82) is 0 Å². The van der Waals surface area contributed by atoms with Crippen LogP contribution in [0.25, 0.3) is 0 Å². The fourth-order valence-corrected chi connectivity index (χ4v) is 3.20. The van der Waals surface area contributed by atoms with Crippen LogP contribution in [0.1, 0.15) is 12.5 Å². The zero-order valence-electron chi connectivity index (χ0n) is 14.8. The minimum Gasteiger partial charge on any atom is -0.357 e. The average molecular weight is 489 g/mol. The molecule has 0 radical (unpaired) electrons. The molecule has 4 nitrogen and oxygen atoms in total. The number of benzene rings is 2. The zero-order valence-corrected chi connectivity index (χ0v) is 17.9. The third kappa shape index (κ3) is 8.27. The van der Waals surface area contributed by atoms with Crippen molar-refractivity contribution in [1.82, 2.24) is 10.6 Å². The van der Waals surface area contributed by atoms with Gasteiger partial charge >= 0.3 is 0 Å². The monoisotopic (exact) mass is 489 g/mol. The number of hydrogen-bond acceptors (Lipinski definition) is 2. The fraction of sp³-hybridized carbons (Fsp3) is 0.316. The maximum Gasteiger partial charge on any atom is 0.191 e. The molecule has 0 fully saturated rings. The Morgan fingerprint density at radius 1 is 1.08 bits per heavy atom. The lowest BCUT2D eigenvalue weighted by Gasteiger charge is -2.11. The van der Waals surface area contributed by atoms with Crippen LogP contribution in [0.2, 0.25) is 0 Å². The second-order valence-electron chi connectivity index (χ2n) is 5.43. The van der Waals surface area contributed by atoms with E-state index in [-0.39, 0.29) is 29.8 Å². The molecule has 0 aliphatic carbocycles. The first-order valence-electron chi connectivity index (χ1n) is 8.39. The van der Waals surface area contributed by atoms with E-state index in [1.165, 1.54) is 12.1 Å². The highest BCUT2D eigenvalue weighted by Crippen LogP contribution is 2.05. The molecule has 2 aromatic carbocycles. The van der Waals surface area contributed by atoms with Crippen LogP contribution >= 0.6 is 24.0 Å². The van der Waals surface area contributed by atoms with E-state index >= 15 is 0 Å². The third-order valence-electron chi connectivity index (χ3n) is 3.52. The van der Waals surface area contributed by atoms with Crippen LogP contribution in [0.5, 0.6) is 0 Å². The van der Waals surface area contributed by atoms with E-state index in [2.05, 4.69) is 15.6 Å². The Labute approximate surface area is 174 Å². The highest BCUT2D eigenvalue weighted by Gasteiger charge is 2.03. The van der Waals surface area contributed by atoms with Gasteiger partial charge in [0.15, 0.2) is 5.96 Å². The Bertz CT molecular complexity index is 696. The number of aliphatic imine (C=N–C) groups is 1. The van der Waals surface area contributed by atoms with E-state index in [4.69, 9.17) is 0 Å². The molecule has 0 spiro atoms. The van der Waals surface area contributed by atoms with Crippen LogP contribution in [0, 0.1) is 5.82 Å². The Balaban J connectivity index is 0.00000338. The van der Waals surface area contributed by atoms with Crippen LogP contribution in [-0.2, 0) is 17.2 Å². The summed E-state index contributed by atoms with van der Waals surface area (Å²) in [6, 6.07) is 15.9. The molecule has 0 saturated heterocycles. The lowest BCUT2D eigenvalue weighted by Crippen LogP contribution is -2.38. The predicted octanol–water partition coefficient (Wildman–Crippen LogP) is 3.35. The van der Waals surface area contributed by atoms with Crippen LogP contribution < -0.4 is 10.6 Å². The molecule has 0 aliphatic rings. The zero-order chi connectivity index (χ0) is 17.9. The molecule has 0 heterocycles. The summed E-state index contributed by atoms with van der Waals surface area (Å²) in [6.45, 7) is 3.93. The molecule has 142 valence electrons. The average Bonchev–Trinajstić information content (AvgIpc) is 2.64. The van der Waals surface area contributed by atoms with Crippen molar-refractivity contribution in [3.05, 3.63) is 66.0 Å². The molecule has 0 amide bonds. The first-order valence-corrected chi connectivity index (χ1v) is 9.71. The molecule has 2 rings (SSSR count). The summed E-state index contributed by atoms with van der Waals surface area (Å²) in [5.41, 5.74) is 1.06. The second-order valence-corrected chi connectivity index (χ2v) is 7.00. The topological polar surface area (TPSA) is 53.5 Å². The van der Waals surface area contributed by atoms with Crippen molar-refractivity contribution < 1.29 is 8.60 Å². The minimum absolute atomic E-state index is 0. The van der Waals surface area contributed by atoms with E-state index in [0.717, 1.165) is 23.4 Å². The molecule has 0 aromatic heterocycles. The normalized spacial score (nSPS) is 12.2. The third-order valence-corrected chi connectivity index (χ3v) is 4.87. The largest absolute Gasteiger partial charge is 0.357 e. The lowest BCUT2D eigenvalue weighted by molar-refractivity contribution is 0.626. The van der Waals surface area contributed by atoms with E-state index in [9.17, 15) is 8.60 Å². The number of halogens is 2. The summed E-state index contributed by atoms with van der Waals surface area (Å²) in [5, 5.41) is 6.41. The molecule has 1 atom stereocenters. The van der Waals surface area contributed by atoms with E-state index in [1.807, 2.05) is 37.3 Å². The molecule has 2 N–H and O–H groups in total. The number of hydrogen-bond donors (Lipinski definition) is 2. The van der Waals surface area contributed by atoms with Crippen molar-refractivity contribution in [2.45, 2.75) is 18.2 Å². The second kappa shape index (κ2) is 12.8. The summed E-state index contributed by atoms with van der Waals surface area (Å²) in [4.78, 5) is 5.29. The molecule has 7 heteroatoms. The van der Waals surface area contributed by atoms with Gasteiger partial charge in [-0.1, -0.05) is 30.3 Å². The van der Waals surface area contributed by atoms with Gasteiger partial charge in [-0.05, 0) is 43.2 Å². The molecule has 0 aliphatic heterocycles. The molecule has 1 unspecified atom stereocenters. The van der Waals surface area contributed by atoms with Gasteiger partial charge in [-0.25, -0.2) is 4.39 Å². The van der Waals surface area contributed by atoms with Gasteiger partial charge in [0.1, 0.15) is 5.82 Å². The van der Waals surface area contributed by atoms with Gasteiger partial charge in [0.2, 0.25) is 0 Å². The Hall–Kier alpha value is -1.48. The van der Waals surface area contributed by atoms with Crippen LogP contribution in [0.3, 0.4) is 0 Å². The van der Waals surface area contributed by atoms with Crippen molar-refractivity contribution in [3.63, 3.8) is 0 Å².